The van der Waals surface area contributed by atoms with Crippen LogP contribution in [0.3, 0.4) is 0 Å². The van der Waals surface area contributed by atoms with Crippen molar-refractivity contribution in [1.29, 1.82) is 0 Å². The van der Waals surface area contributed by atoms with Gasteiger partial charge in [-0.25, -0.2) is 4.79 Å². The van der Waals surface area contributed by atoms with E-state index in [2.05, 4.69) is 15.6 Å². The average molecular weight is 569 g/mol. The van der Waals surface area contributed by atoms with Crippen LogP contribution in [0.25, 0.3) is 11.1 Å². The summed E-state index contributed by atoms with van der Waals surface area (Å²) in [5.41, 5.74) is 3.57. The standard InChI is InChI=1S/C31H25ClN4O5/c1-18(37)34-22-9-6-20(7-10-22)26-14-19(5-11-24(26)31(40)41)17-36-28(16-23-4-2-3-13-33-23)29(38)35-27-15-21(32)8-12-25(27)30(36)39/h2-15,28H,16-17H2,1H3,(H,34,37)(H,35,38)(H,40,41). The van der Waals surface area contributed by atoms with Gasteiger partial charge in [0, 0.05) is 42.5 Å². The minimum atomic E-state index is -1.11. The van der Waals surface area contributed by atoms with E-state index in [-0.39, 0.29) is 36.3 Å². The predicted octanol–water partition coefficient (Wildman–Crippen LogP) is 5.26. The molecule has 0 bridgehead atoms. The zero-order chi connectivity index (χ0) is 29.1. The van der Waals surface area contributed by atoms with Gasteiger partial charge in [-0.1, -0.05) is 35.9 Å². The number of benzene rings is 3. The molecule has 2 heterocycles. The Morgan fingerprint density at radius 2 is 1.78 bits per heavy atom. The van der Waals surface area contributed by atoms with Gasteiger partial charge in [-0.05, 0) is 71.3 Å². The molecule has 206 valence electrons. The maximum absolute atomic E-state index is 13.9. The first-order valence-corrected chi connectivity index (χ1v) is 13.1. The van der Waals surface area contributed by atoms with Gasteiger partial charge in [0.2, 0.25) is 11.8 Å². The van der Waals surface area contributed by atoms with E-state index in [4.69, 9.17) is 11.6 Å². The molecule has 1 aliphatic heterocycles. The molecule has 1 atom stereocenters. The highest BCUT2D eigenvalue weighted by molar-refractivity contribution is 6.31. The summed E-state index contributed by atoms with van der Waals surface area (Å²) in [4.78, 5) is 56.7. The Hall–Kier alpha value is -5.02. The topological polar surface area (TPSA) is 129 Å². The third kappa shape index (κ3) is 6.10. The highest BCUT2D eigenvalue weighted by atomic mass is 35.5. The molecule has 3 aromatic carbocycles. The molecule has 0 saturated heterocycles. The molecule has 5 rings (SSSR count). The van der Waals surface area contributed by atoms with Crippen LogP contribution in [-0.2, 0) is 22.6 Å². The number of hydrogen-bond donors (Lipinski definition) is 3. The number of amides is 3. The number of carbonyl (C=O) groups is 4. The molecule has 0 spiro atoms. The van der Waals surface area contributed by atoms with E-state index in [9.17, 15) is 24.3 Å². The van der Waals surface area contributed by atoms with E-state index in [1.54, 1.807) is 72.9 Å². The zero-order valence-corrected chi connectivity index (χ0v) is 22.7. The van der Waals surface area contributed by atoms with Crippen LogP contribution in [0.1, 0.15) is 38.9 Å². The first-order valence-electron chi connectivity index (χ1n) is 12.7. The number of aromatic nitrogens is 1. The van der Waals surface area contributed by atoms with Crippen LogP contribution < -0.4 is 10.6 Å². The highest BCUT2D eigenvalue weighted by Crippen LogP contribution is 2.31. The summed E-state index contributed by atoms with van der Waals surface area (Å²) in [5, 5.41) is 15.8. The van der Waals surface area contributed by atoms with Crippen molar-refractivity contribution in [2.75, 3.05) is 10.6 Å². The first kappa shape index (κ1) is 27.5. The minimum Gasteiger partial charge on any atom is -0.478 e. The Bertz CT molecular complexity index is 1660. The number of carboxylic acid groups (broad SMARTS) is 1. The third-order valence-corrected chi connectivity index (χ3v) is 6.96. The number of aromatic carboxylic acids is 1. The fourth-order valence-electron chi connectivity index (χ4n) is 4.81. The average Bonchev–Trinajstić information content (AvgIpc) is 3.03. The molecule has 9 nitrogen and oxygen atoms in total. The quantitative estimate of drug-likeness (QED) is 0.279. The monoisotopic (exact) mass is 568 g/mol. The van der Waals surface area contributed by atoms with Gasteiger partial charge in [0.25, 0.3) is 5.91 Å². The van der Waals surface area contributed by atoms with Crippen molar-refractivity contribution in [1.82, 2.24) is 9.88 Å². The second-order valence-electron chi connectivity index (χ2n) is 9.60. The summed E-state index contributed by atoms with van der Waals surface area (Å²) >= 11 is 6.15. The van der Waals surface area contributed by atoms with Crippen molar-refractivity contribution in [3.05, 3.63) is 112 Å². The van der Waals surface area contributed by atoms with Gasteiger partial charge < -0.3 is 20.6 Å². The molecule has 0 fully saturated rings. The van der Waals surface area contributed by atoms with Crippen LogP contribution in [0.5, 0.6) is 0 Å². The number of nitrogens with zero attached hydrogens (tertiary/aromatic N) is 2. The summed E-state index contributed by atoms with van der Waals surface area (Å²) in [6.07, 6.45) is 1.80. The Balaban J connectivity index is 1.55. The van der Waals surface area contributed by atoms with E-state index < -0.39 is 12.0 Å². The fraction of sp³-hybridized carbons (Fsp3) is 0.129. The van der Waals surface area contributed by atoms with Gasteiger partial charge in [0.15, 0.2) is 0 Å². The SMILES string of the molecule is CC(=O)Nc1ccc(-c2cc(CN3C(=O)c4ccc(Cl)cc4NC(=O)C3Cc3ccccn3)ccc2C(=O)O)cc1. The lowest BCUT2D eigenvalue weighted by Crippen LogP contribution is -2.46. The van der Waals surface area contributed by atoms with Gasteiger partial charge in [0.1, 0.15) is 6.04 Å². The Labute approximate surface area is 240 Å². The summed E-state index contributed by atoms with van der Waals surface area (Å²) in [6, 6.07) is 20.8. The number of fused-ring (bicyclic) bond motifs is 1. The van der Waals surface area contributed by atoms with Crippen LogP contribution in [0.2, 0.25) is 5.02 Å². The van der Waals surface area contributed by atoms with Crippen LogP contribution in [0.4, 0.5) is 11.4 Å². The summed E-state index contributed by atoms with van der Waals surface area (Å²) in [5.74, 6) is -2.09. The van der Waals surface area contributed by atoms with Gasteiger partial charge in [-0.15, -0.1) is 0 Å². The maximum Gasteiger partial charge on any atom is 0.336 e. The molecule has 1 aliphatic rings. The van der Waals surface area contributed by atoms with Crippen molar-refractivity contribution in [3.8, 4) is 11.1 Å². The molecule has 4 aromatic rings. The molecular weight excluding hydrogens is 544 g/mol. The Morgan fingerprint density at radius 1 is 1.00 bits per heavy atom. The lowest BCUT2D eigenvalue weighted by atomic mass is 9.96. The summed E-state index contributed by atoms with van der Waals surface area (Å²) < 4.78 is 0. The van der Waals surface area contributed by atoms with Crippen LogP contribution in [-0.4, -0.2) is 44.7 Å². The van der Waals surface area contributed by atoms with E-state index >= 15 is 0 Å². The molecular formula is C31H25ClN4O5. The molecule has 3 N–H and O–H groups in total. The van der Waals surface area contributed by atoms with Gasteiger partial charge in [-0.2, -0.15) is 0 Å². The molecule has 3 amide bonds. The van der Waals surface area contributed by atoms with E-state index in [0.29, 0.717) is 44.3 Å². The van der Waals surface area contributed by atoms with E-state index in [1.165, 1.54) is 17.9 Å². The lowest BCUT2D eigenvalue weighted by molar-refractivity contribution is -0.120. The van der Waals surface area contributed by atoms with Crippen molar-refractivity contribution in [2.24, 2.45) is 0 Å². The number of rotatable bonds is 7. The van der Waals surface area contributed by atoms with Crippen molar-refractivity contribution >= 4 is 46.7 Å². The number of anilines is 2. The molecule has 1 aromatic heterocycles. The molecule has 0 radical (unpaired) electrons. The van der Waals surface area contributed by atoms with Crippen LogP contribution in [0.15, 0.2) is 85.1 Å². The van der Waals surface area contributed by atoms with Crippen molar-refractivity contribution in [2.45, 2.75) is 25.9 Å². The third-order valence-electron chi connectivity index (χ3n) is 6.72. The second-order valence-corrected chi connectivity index (χ2v) is 10.0. The van der Waals surface area contributed by atoms with Crippen molar-refractivity contribution in [3.63, 3.8) is 0 Å². The first-order chi connectivity index (χ1) is 19.7. The summed E-state index contributed by atoms with van der Waals surface area (Å²) in [6.45, 7) is 1.43. The number of pyridine rings is 1. The largest absolute Gasteiger partial charge is 0.478 e. The molecule has 41 heavy (non-hydrogen) atoms. The van der Waals surface area contributed by atoms with Crippen molar-refractivity contribution < 1.29 is 24.3 Å². The molecule has 0 aliphatic carbocycles. The normalized spacial score (nSPS) is 14.6. The Kier molecular flexibility index (Phi) is 7.80. The van der Waals surface area contributed by atoms with Crippen LogP contribution in [0, 0.1) is 0 Å². The highest BCUT2D eigenvalue weighted by Gasteiger charge is 2.36. The minimum absolute atomic E-state index is 0.0305. The predicted molar refractivity (Wildman–Crippen MR) is 155 cm³/mol. The number of nitrogens with one attached hydrogen (secondary N) is 2. The maximum atomic E-state index is 13.9. The number of carboxylic acids is 1. The van der Waals surface area contributed by atoms with E-state index in [0.717, 1.165) is 0 Å². The zero-order valence-electron chi connectivity index (χ0n) is 21.9. The number of carbonyl (C=O) groups excluding carboxylic acids is 3. The fourth-order valence-corrected chi connectivity index (χ4v) is 4.98. The number of hydrogen-bond acceptors (Lipinski definition) is 5. The lowest BCUT2D eigenvalue weighted by Gasteiger charge is -2.29. The van der Waals surface area contributed by atoms with Gasteiger partial charge >= 0.3 is 5.97 Å². The summed E-state index contributed by atoms with van der Waals surface area (Å²) in [7, 11) is 0. The van der Waals surface area contributed by atoms with Gasteiger partial charge in [-0.3, -0.25) is 19.4 Å². The molecule has 0 saturated carbocycles. The van der Waals surface area contributed by atoms with E-state index in [1.807, 2.05) is 6.07 Å². The van der Waals surface area contributed by atoms with Gasteiger partial charge in [0.05, 0.1) is 16.8 Å². The number of halogens is 1. The molecule has 10 heteroatoms. The van der Waals surface area contributed by atoms with Crippen LogP contribution >= 0.6 is 11.6 Å². The second kappa shape index (κ2) is 11.6. The smallest absolute Gasteiger partial charge is 0.336 e. The molecule has 1 unspecified atom stereocenters. The Morgan fingerprint density at radius 3 is 2.46 bits per heavy atom.